The lowest BCUT2D eigenvalue weighted by Gasteiger charge is -2.13. The van der Waals surface area contributed by atoms with E-state index in [1.54, 1.807) is 16.6 Å². The molecule has 1 N–H and O–H groups in total. The van der Waals surface area contributed by atoms with E-state index in [9.17, 15) is 4.79 Å². The van der Waals surface area contributed by atoms with Crippen LogP contribution >= 0.6 is 11.3 Å². The summed E-state index contributed by atoms with van der Waals surface area (Å²) in [6.07, 6.45) is 0. The van der Waals surface area contributed by atoms with E-state index in [-0.39, 0.29) is 5.91 Å². The molecule has 10 heteroatoms. The summed E-state index contributed by atoms with van der Waals surface area (Å²) in [4.78, 5) is 13.4. The molecule has 0 saturated carbocycles. The van der Waals surface area contributed by atoms with Crippen LogP contribution in [0.1, 0.15) is 15.9 Å². The summed E-state index contributed by atoms with van der Waals surface area (Å²) >= 11 is 1.23. The number of aryl methyl sites for hydroxylation is 1. The van der Waals surface area contributed by atoms with Crippen molar-refractivity contribution in [2.24, 2.45) is 0 Å². The van der Waals surface area contributed by atoms with Crippen LogP contribution in [-0.2, 0) is 0 Å². The van der Waals surface area contributed by atoms with Crippen LogP contribution in [0.5, 0.6) is 17.2 Å². The van der Waals surface area contributed by atoms with E-state index in [1.165, 1.54) is 32.7 Å². The molecule has 0 bridgehead atoms. The number of hydrogen-bond donors (Lipinski definition) is 1. The number of ether oxygens (including phenoxy) is 3. The van der Waals surface area contributed by atoms with Crippen molar-refractivity contribution in [2.45, 2.75) is 6.92 Å². The van der Waals surface area contributed by atoms with Gasteiger partial charge in [0.1, 0.15) is 0 Å². The molecule has 154 valence electrons. The molecule has 30 heavy (non-hydrogen) atoms. The number of carbonyl (C=O) groups excluding carboxylic acids is 1. The van der Waals surface area contributed by atoms with Crippen LogP contribution in [0.4, 0.5) is 5.13 Å². The van der Waals surface area contributed by atoms with Crippen molar-refractivity contribution in [3.8, 4) is 28.6 Å². The van der Waals surface area contributed by atoms with Gasteiger partial charge in [-0.25, -0.2) is 0 Å². The minimum Gasteiger partial charge on any atom is -0.493 e. The van der Waals surface area contributed by atoms with Gasteiger partial charge in [-0.2, -0.15) is 4.52 Å². The molecule has 0 spiro atoms. The van der Waals surface area contributed by atoms with Gasteiger partial charge >= 0.3 is 0 Å². The smallest absolute Gasteiger partial charge is 0.257 e. The van der Waals surface area contributed by atoms with E-state index in [2.05, 4.69) is 20.6 Å². The fourth-order valence-corrected chi connectivity index (χ4v) is 3.78. The van der Waals surface area contributed by atoms with Crippen LogP contribution in [-0.4, -0.2) is 47.0 Å². The van der Waals surface area contributed by atoms with Crippen molar-refractivity contribution in [3.05, 3.63) is 47.5 Å². The predicted molar refractivity (Wildman–Crippen MR) is 113 cm³/mol. The number of benzene rings is 2. The topological polar surface area (TPSA) is 99.9 Å². The number of anilines is 1. The Morgan fingerprint density at radius 1 is 1.03 bits per heavy atom. The Hall–Kier alpha value is -3.66. The molecule has 0 radical (unpaired) electrons. The molecule has 0 unspecified atom stereocenters. The number of nitrogens with one attached hydrogen (secondary N) is 1. The maximum absolute atomic E-state index is 12.8. The molecule has 0 aliphatic heterocycles. The summed E-state index contributed by atoms with van der Waals surface area (Å²) in [5.74, 6) is 1.45. The van der Waals surface area contributed by atoms with Gasteiger partial charge in [-0.1, -0.05) is 35.6 Å². The van der Waals surface area contributed by atoms with Gasteiger partial charge in [0.15, 0.2) is 17.3 Å². The van der Waals surface area contributed by atoms with Crippen molar-refractivity contribution in [2.75, 3.05) is 26.6 Å². The molecule has 0 saturated heterocycles. The molecule has 0 atom stereocenters. The Balaban J connectivity index is 1.65. The number of amides is 1. The Bertz CT molecular complexity index is 1210. The quantitative estimate of drug-likeness (QED) is 0.505. The summed E-state index contributed by atoms with van der Waals surface area (Å²) < 4.78 is 17.5. The zero-order chi connectivity index (χ0) is 21.3. The summed E-state index contributed by atoms with van der Waals surface area (Å²) in [5, 5.41) is 16.1. The van der Waals surface area contributed by atoms with Crippen molar-refractivity contribution in [1.29, 1.82) is 0 Å². The van der Waals surface area contributed by atoms with Crippen LogP contribution in [0.15, 0.2) is 36.4 Å². The Morgan fingerprint density at radius 3 is 2.37 bits per heavy atom. The van der Waals surface area contributed by atoms with Crippen LogP contribution < -0.4 is 19.5 Å². The number of rotatable bonds is 6. The highest BCUT2D eigenvalue weighted by Gasteiger charge is 2.20. The van der Waals surface area contributed by atoms with Gasteiger partial charge in [-0.3, -0.25) is 10.1 Å². The van der Waals surface area contributed by atoms with Crippen LogP contribution in [0, 0.1) is 6.92 Å². The second-order valence-electron chi connectivity index (χ2n) is 6.31. The first-order valence-electron chi connectivity index (χ1n) is 8.95. The van der Waals surface area contributed by atoms with Gasteiger partial charge in [0.2, 0.25) is 15.8 Å². The molecule has 4 aromatic rings. The van der Waals surface area contributed by atoms with Crippen molar-refractivity contribution in [3.63, 3.8) is 0 Å². The zero-order valence-corrected chi connectivity index (χ0v) is 17.6. The van der Waals surface area contributed by atoms with Gasteiger partial charge in [0.05, 0.1) is 21.3 Å². The third-order valence-corrected chi connectivity index (χ3v) is 5.34. The zero-order valence-electron chi connectivity index (χ0n) is 16.8. The standard InChI is InChI=1S/C20H19N5O4S/c1-11-7-5-6-8-13(11)17-22-23-20-25(17)24-19(30-20)21-18(26)12-9-14(27-2)16(29-4)15(10-12)28-3/h5-10H,1-4H3,(H,21,24,26). The Kier molecular flexibility index (Phi) is 5.23. The van der Waals surface area contributed by atoms with Crippen molar-refractivity contribution >= 4 is 27.3 Å². The minimum absolute atomic E-state index is 0.342. The molecule has 2 aromatic carbocycles. The average molecular weight is 425 g/mol. The first-order valence-corrected chi connectivity index (χ1v) is 9.77. The number of methoxy groups -OCH3 is 3. The normalized spacial score (nSPS) is 10.8. The van der Waals surface area contributed by atoms with Gasteiger partial charge in [0.25, 0.3) is 5.91 Å². The highest BCUT2D eigenvalue weighted by Crippen LogP contribution is 2.38. The maximum Gasteiger partial charge on any atom is 0.257 e. The van der Waals surface area contributed by atoms with Gasteiger partial charge < -0.3 is 14.2 Å². The second kappa shape index (κ2) is 7.99. The molecule has 2 heterocycles. The van der Waals surface area contributed by atoms with Gasteiger partial charge in [-0.15, -0.1) is 15.3 Å². The van der Waals surface area contributed by atoms with Crippen LogP contribution in [0.3, 0.4) is 0 Å². The lowest BCUT2D eigenvalue weighted by molar-refractivity contribution is 0.102. The molecular formula is C20H19N5O4S. The monoisotopic (exact) mass is 425 g/mol. The fourth-order valence-electron chi connectivity index (χ4n) is 3.04. The molecular weight excluding hydrogens is 406 g/mol. The largest absolute Gasteiger partial charge is 0.493 e. The Labute approximate surface area is 176 Å². The second-order valence-corrected chi connectivity index (χ2v) is 7.26. The molecule has 2 aromatic heterocycles. The lowest BCUT2D eigenvalue weighted by Crippen LogP contribution is -2.13. The summed E-state index contributed by atoms with van der Waals surface area (Å²) in [6.45, 7) is 2.00. The SMILES string of the molecule is COc1cc(C(=O)Nc2nn3c(-c4ccccc4C)nnc3s2)cc(OC)c1OC. The van der Waals surface area contributed by atoms with Crippen LogP contribution in [0.25, 0.3) is 16.3 Å². The summed E-state index contributed by atoms with van der Waals surface area (Å²) in [5.41, 5.74) is 2.33. The number of hydrogen-bond acceptors (Lipinski definition) is 8. The third-order valence-electron chi connectivity index (χ3n) is 4.52. The Morgan fingerprint density at radius 2 is 1.73 bits per heavy atom. The van der Waals surface area contributed by atoms with E-state index < -0.39 is 0 Å². The molecule has 1 amide bonds. The van der Waals surface area contributed by atoms with E-state index >= 15 is 0 Å². The van der Waals surface area contributed by atoms with E-state index in [0.29, 0.717) is 38.7 Å². The van der Waals surface area contributed by atoms with E-state index in [0.717, 1.165) is 11.1 Å². The minimum atomic E-state index is -0.364. The van der Waals surface area contributed by atoms with Gasteiger partial charge in [-0.05, 0) is 24.6 Å². The van der Waals surface area contributed by atoms with Gasteiger partial charge in [0, 0.05) is 11.1 Å². The average Bonchev–Trinajstić information content (AvgIpc) is 3.33. The molecule has 0 fully saturated rings. The number of carbonyl (C=O) groups is 1. The fraction of sp³-hybridized carbons (Fsp3) is 0.200. The molecule has 4 rings (SSSR count). The van der Waals surface area contributed by atoms with E-state index in [1.807, 2.05) is 31.2 Å². The highest BCUT2D eigenvalue weighted by molar-refractivity contribution is 7.20. The predicted octanol–water partition coefficient (Wildman–Crippen LogP) is 3.44. The molecule has 0 aliphatic rings. The summed E-state index contributed by atoms with van der Waals surface area (Å²) in [6, 6.07) is 11.0. The molecule has 9 nitrogen and oxygen atoms in total. The van der Waals surface area contributed by atoms with E-state index in [4.69, 9.17) is 14.2 Å². The third kappa shape index (κ3) is 3.41. The van der Waals surface area contributed by atoms with Crippen LogP contribution in [0.2, 0.25) is 0 Å². The first-order chi connectivity index (χ1) is 14.5. The maximum atomic E-state index is 12.8. The first kappa shape index (κ1) is 19.6. The number of aromatic nitrogens is 4. The number of nitrogens with zero attached hydrogens (tertiary/aromatic N) is 4. The van der Waals surface area contributed by atoms with Crippen molar-refractivity contribution < 1.29 is 19.0 Å². The number of fused-ring (bicyclic) bond motifs is 1. The summed E-state index contributed by atoms with van der Waals surface area (Å²) in [7, 11) is 4.50. The highest BCUT2D eigenvalue weighted by atomic mass is 32.1. The lowest BCUT2D eigenvalue weighted by atomic mass is 10.1. The molecule has 0 aliphatic carbocycles. The van der Waals surface area contributed by atoms with Crippen molar-refractivity contribution in [1.82, 2.24) is 19.8 Å².